The lowest BCUT2D eigenvalue weighted by Crippen LogP contribution is -2.34. The Kier molecular flexibility index (Phi) is 3.88. The predicted octanol–water partition coefficient (Wildman–Crippen LogP) is -0.393. The number of amides is 1. The minimum atomic E-state index is -0.889. The van der Waals surface area contributed by atoms with Crippen molar-refractivity contribution in [2.24, 2.45) is 12.8 Å². The molecule has 4 heterocycles. The average molecular weight is 354 g/mol. The summed E-state index contributed by atoms with van der Waals surface area (Å²) in [6.45, 7) is 1.83. The molecule has 0 fully saturated rings. The van der Waals surface area contributed by atoms with Gasteiger partial charge in [0.15, 0.2) is 6.10 Å². The van der Waals surface area contributed by atoms with E-state index in [4.69, 9.17) is 5.73 Å². The van der Waals surface area contributed by atoms with Gasteiger partial charge in [-0.25, -0.2) is 9.97 Å². The van der Waals surface area contributed by atoms with Gasteiger partial charge in [0.05, 0.1) is 36.9 Å². The third kappa shape index (κ3) is 2.80. The number of carbonyl (C=O) groups is 1. The highest BCUT2D eigenvalue weighted by Gasteiger charge is 2.24. The number of rotatable bonds is 4. The number of nitrogens with two attached hydrogens (primary N) is 1. The van der Waals surface area contributed by atoms with Crippen LogP contribution in [0.2, 0.25) is 0 Å². The van der Waals surface area contributed by atoms with Gasteiger partial charge >= 0.3 is 0 Å². The highest BCUT2D eigenvalue weighted by Crippen LogP contribution is 2.24. The third-order valence-electron chi connectivity index (χ3n) is 4.40. The molecule has 134 valence electrons. The molecule has 1 unspecified atom stereocenters. The van der Waals surface area contributed by atoms with E-state index < -0.39 is 12.0 Å². The Morgan fingerprint density at radius 1 is 1.35 bits per heavy atom. The summed E-state index contributed by atoms with van der Waals surface area (Å²) in [5, 5.41) is 15.0. The molecule has 0 aromatic carbocycles. The van der Waals surface area contributed by atoms with Gasteiger partial charge in [0, 0.05) is 26.0 Å². The van der Waals surface area contributed by atoms with Gasteiger partial charge < -0.3 is 20.3 Å². The number of hydrogen-bond acceptors (Lipinski definition) is 7. The fraction of sp³-hybridized carbons (Fsp3) is 0.312. The molecule has 0 bridgehead atoms. The molecule has 10 nitrogen and oxygen atoms in total. The van der Waals surface area contributed by atoms with Crippen LogP contribution in [0.5, 0.6) is 0 Å². The van der Waals surface area contributed by atoms with Crippen molar-refractivity contribution in [3.05, 3.63) is 53.8 Å². The Labute approximate surface area is 148 Å². The first-order valence-electron chi connectivity index (χ1n) is 8.11. The summed E-state index contributed by atoms with van der Waals surface area (Å²) in [5.41, 5.74) is 6.89. The number of primary amides is 1. The van der Waals surface area contributed by atoms with E-state index in [0.717, 1.165) is 5.69 Å². The lowest BCUT2D eigenvalue weighted by atomic mass is 10.2. The van der Waals surface area contributed by atoms with Crippen LogP contribution in [0.1, 0.15) is 33.8 Å². The monoisotopic (exact) mass is 354 g/mol. The molecule has 1 aliphatic rings. The topological polar surface area (TPSA) is 128 Å². The van der Waals surface area contributed by atoms with Crippen LogP contribution in [0.3, 0.4) is 0 Å². The first-order chi connectivity index (χ1) is 12.5. The number of aliphatic hydroxyl groups excluding tert-OH is 1. The van der Waals surface area contributed by atoms with Crippen LogP contribution < -0.4 is 10.6 Å². The molecule has 3 aromatic heterocycles. The maximum atomic E-state index is 11.3. The van der Waals surface area contributed by atoms with Crippen LogP contribution in [0.25, 0.3) is 0 Å². The van der Waals surface area contributed by atoms with Crippen LogP contribution in [0.4, 0.5) is 5.82 Å². The molecule has 1 aliphatic heterocycles. The van der Waals surface area contributed by atoms with E-state index >= 15 is 0 Å². The molecule has 26 heavy (non-hydrogen) atoms. The van der Waals surface area contributed by atoms with Crippen LogP contribution in [0.15, 0.2) is 30.9 Å². The fourth-order valence-electron chi connectivity index (χ4n) is 3.02. The van der Waals surface area contributed by atoms with Gasteiger partial charge in [0.2, 0.25) is 0 Å². The summed E-state index contributed by atoms with van der Waals surface area (Å²) in [7, 11) is 1.83. The molecule has 1 amide bonds. The fourth-order valence-corrected chi connectivity index (χ4v) is 3.02. The summed E-state index contributed by atoms with van der Waals surface area (Å²) < 4.78 is 3.63. The van der Waals surface area contributed by atoms with E-state index in [2.05, 4.69) is 20.1 Å². The molecule has 0 aliphatic carbocycles. The lowest BCUT2D eigenvalue weighted by Gasteiger charge is -2.28. The van der Waals surface area contributed by atoms with Gasteiger partial charge in [0.1, 0.15) is 17.3 Å². The van der Waals surface area contributed by atoms with Crippen molar-refractivity contribution in [3.8, 4) is 0 Å². The molecule has 0 saturated heterocycles. The van der Waals surface area contributed by atoms with Crippen molar-refractivity contribution in [3.63, 3.8) is 0 Å². The van der Waals surface area contributed by atoms with Gasteiger partial charge in [-0.2, -0.15) is 5.10 Å². The molecule has 4 rings (SSSR count). The van der Waals surface area contributed by atoms with E-state index in [9.17, 15) is 9.90 Å². The quantitative estimate of drug-likeness (QED) is 0.653. The molecule has 3 aromatic rings. The Morgan fingerprint density at radius 2 is 2.19 bits per heavy atom. The smallest absolute Gasteiger partial charge is 0.268 e. The van der Waals surface area contributed by atoms with E-state index in [1.165, 1.54) is 6.20 Å². The maximum absolute atomic E-state index is 11.3. The van der Waals surface area contributed by atoms with Gasteiger partial charge in [-0.15, -0.1) is 0 Å². The Bertz CT molecular complexity index is 963. The zero-order valence-electron chi connectivity index (χ0n) is 14.1. The van der Waals surface area contributed by atoms with Gasteiger partial charge in [0.25, 0.3) is 5.91 Å². The zero-order chi connectivity index (χ0) is 18.3. The first-order valence-corrected chi connectivity index (χ1v) is 8.11. The highest BCUT2D eigenvalue weighted by molar-refractivity contribution is 5.90. The second-order valence-corrected chi connectivity index (χ2v) is 6.13. The van der Waals surface area contributed by atoms with Crippen molar-refractivity contribution < 1.29 is 9.90 Å². The number of aryl methyl sites for hydroxylation is 1. The van der Waals surface area contributed by atoms with Crippen LogP contribution in [-0.4, -0.2) is 46.9 Å². The Balaban J connectivity index is 1.58. The number of nitrogens with zero attached hydrogens (tertiary/aromatic N) is 7. The number of imidazole rings is 1. The first kappa shape index (κ1) is 16.2. The largest absolute Gasteiger partial charge is 0.379 e. The van der Waals surface area contributed by atoms with Crippen molar-refractivity contribution in [2.75, 3.05) is 11.4 Å². The summed E-state index contributed by atoms with van der Waals surface area (Å²) in [6.07, 6.45) is 5.48. The molecule has 1 atom stereocenters. The second kappa shape index (κ2) is 6.23. The number of anilines is 1. The van der Waals surface area contributed by atoms with E-state index in [-0.39, 0.29) is 5.69 Å². The van der Waals surface area contributed by atoms with Crippen LogP contribution >= 0.6 is 0 Å². The summed E-state index contributed by atoms with van der Waals surface area (Å²) in [5.74, 6) is 0.513. The second-order valence-electron chi connectivity index (χ2n) is 6.13. The molecule has 3 N–H and O–H groups in total. The zero-order valence-corrected chi connectivity index (χ0v) is 14.1. The SMILES string of the molecule is Cn1ccnc1C(O)c1cc2n(n1)CCN(c1cncc(C(N)=O)n1)C2. The van der Waals surface area contributed by atoms with E-state index in [1.54, 1.807) is 23.2 Å². The molecular formula is C16H18N8O2. The normalized spacial score (nSPS) is 14.9. The molecule has 0 spiro atoms. The molecule has 0 saturated carbocycles. The minimum Gasteiger partial charge on any atom is -0.379 e. The molecule has 0 radical (unpaired) electrons. The van der Waals surface area contributed by atoms with Crippen LogP contribution in [-0.2, 0) is 20.1 Å². The summed E-state index contributed by atoms with van der Waals surface area (Å²) in [4.78, 5) is 25.8. The average Bonchev–Trinajstić information content (AvgIpc) is 3.26. The summed E-state index contributed by atoms with van der Waals surface area (Å²) >= 11 is 0. The minimum absolute atomic E-state index is 0.132. The predicted molar refractivity (Wildman–Crippen MR) is 91.1 cm³/mol. The number of fused-ring (bicyclic) bond motifs is 1. The van der Waals surface area contributed by atoms with Crippen molar-refractivity contribution in [1.82, 2.24) is 29.3 Å². The number of aliphatic hydroxyl groups is 1. The van der Waals surface area contributed by atoms with Crippen molar-refractivity contribution >= 4 is 11.7 Å². The number of aromatic nitrogens is 6. The Morgan fingerprint density at radius 3 is 2.92 bits per heavy atom. The van der Waals surface area contributed by atoms with Gasteiger partial charge in [-0.05, 0) is 6.07 Å². The Hall–Kier alpha value is -3.27. The van der Waals surface area contributed by atoms with Crippen molar-refractivity contribution in [1.29, 1.82) is 0 Å². The molecular weight excluding hydrogens is 336 g/mol. The van der Waals surface area contributed by atoms with Gasteiger partial charge in [-0.3, -0.25) is 14.5 Å². The lowest BCUT2D eigenvalue weighted by molar-refractivity contribution is 0.0995. The standard InChI is InChI=1S/C16H18N8O2/c1-22-3-2-19-16(22)14(25)11-6-10-9-23(4-5-24(10)21-11)13-8-18-7-12(20-13)15(17)26/h2-3,6-8,14,25H,4-5,9H2,1H3,(H2,17,26). The maximum Gasteiger partial charge on any atom is 0.268 e. The number of carbonyl (C=O) groups excluding carboxylic acids is 1. The highest BCUT2D eigenvalue weighted by atomic mass is 16.3. The number of hydrogen-bond donors (Lipinski definition) is 2. The van der Waals surface area contributed by atoms with E-state index in [0.29, 0.717) is 37.0 Å². The summed E-state index contributed by atoms with van der Waals surface area (Å²) in [6, 6.07) is 1.86. The van der Waals surface area contributed by atoms with Crippen molar-refractivity contribution in [2.45, 2.75) is 19.2 Å². The molecule has 10 heteroatoms. The van der Waals surface area contributed by atoms with Crippen LogP contribution in [0, 0.1) is 0 Å². The van der Waals surface area contributed by atoms with E-state index in [1.807, 2.05) is 22.7 Å². The van der Waals surface area contributed by atoms with Gasteiger partial charge in [-0.1, -0.05) is 0 Å². The third-order valence-corrected chi connectivity index (χ3v) is 4.40.